The number of amides is 1. The van der Waals surface area contributed by atoms with Gasteiger partial charge in [-0.15, -0.1) is 0 Å². The molecule has 0 saturated carbocycles. The van der Waals surface area contributed by atoms with Crippen LogP contribution >= 0.6 is 11.6 Å². The molecule has 1 saturated heterocycles. The highest BCUT2D eigenvalue weighted by atomic mass is 35.5. The molecule has 1 aromatic heterocycles. The fourth-order valence-corrected chi connectivity index (χ4v) is 3.84. The van der Waals surface area contributed by atoms with Crippen LogP contribution in [0.3, 0.4) is 0 Å². The summed E-state index contributed by atoms with van der Waals surface area (Å²) in [7, 11) is 0. The standard InChI is InChI=1S/C24H22ClN3O2/c25-20-9-7-17(8-10-20)15-28-16-19(22-5-1-2-6-23(22)28)12-18(13-26)24(29)27-14-21-4-3-11-30-21/h1-2,5-10,12,16,21H,3-4,11,14-15H2,(H,27,29)/b18-12-/t21-/m1/s1. The molecular formula is C24H22ClN3O2. The van der Waals surface area contributed by atoms with E-state index in [0.29, 0.717) is 18.1 Å². The Bertz CT molecular complexity index is 1120. The van der Waals surface area contributed by atoms with Gasteiger partial charge >= 0.3 is 0 Å². The van der Waals surface area contributed by atoms with Crippen molar-refractivity contribution in [3.05, 3.63) is 76.5 Å². The maximum atomic E-state index is 12.5. The highest BCUT2D eigenvalue weighted by Crippen LogP contribution is 2.25. The fourth-order valence-electron chi connectivity index (χ4n) is 3.72. The van der Waals surface area contributed by atoms with Crippen LogP contribution in [0.1, 0.15) is 24.0 Å². The van der Waals surface area contributed by atoms with E-state index in [4.69, 9.17) is 16.3 Å². The number of fused-ring (bicyclic) bond motifs is 1. The highest BCUT2D eigenvalue weighted by Gasteiger charge is 2.18. The van der Waals surface area contributed by atoms with E-state index in [2.05, 4.69) is 9.88 Å². The Morgan fingerprint density at radius 1 is 1.27 bits per heavy atom. The molecule has 0 spiro atoms. The van der Waals surface area contributed by atoms with Crippen molar-refractivity contribution in [2.75, 3.05) is 13.2 Å². The van der Waals surface area contributed by atoms with Gasteiger partial charge in [-0.25, -0.2) is 0 Å². The third-order valence-electron chi connectivity index (χ3n) is 5.26. The Hall–Kier alpha value is -3.07. The van der Waals surface area contributed by atoms with Crippen molar-refractivity contribution in [2.24, 2.45) is 0 Å². The molecule has 0 aliphatic carbocycles. The molecule has 1 aliphatic rings. The molecular weight excluding hydrogens is 398 g/mol. The van der Waals surface area contributed by atoms with Crippen molar-refractivity contribution in [1.82, 2.24) is 9.88 Å². The molecule has 6 heteroatoms. The monoisotopic (exact) mass is 419 g/mol. The number of para-hydroxylation sites is 1. The number of hydrogen-bond donors (Lipinski definition) is 1. The average molecular weight is 420 g/mol. The second-order valence-electron chi connectivity index (χ2n) is 7.37. The first-order valence-electron chi connectivity index (χ1n) is 9.98. The lowest BCUT2D eigenvalue weighted by molar-refractivity contribution is -0.117. The molecule has 1 amide bonds. The third-order valence-corrected chi connectivity index (χ3v) is 5.52. The molecule has 4 rings (SSSR count). The molecule has 1 fully saturated rings. The van der Waals surface area contributed by atoms with Gasteiger partial charge in [0.05, 0.1) is 6.10 Å². The zero-order valence-electron chi connectivity index (χ0n) is 16.5. The van der Waals surface area contributed by atoms with Gasteiger partial charge in [-0.05, 0) is 42.7 Å². The van der Waals surface area contributed by atoms with Gasteiger partial charge in [-0.1, -0.05) is 41.9 Å². The largest absolute Gasteiger partial charge is 0.376 e. The lowest BCUT2D eigenvalue weighted by Crippen LogP contribution is -2.32. The van der Waals surface area contributed by atoms with E-state index in [1.807, 2.05) is 60.8 Å². The first kappa shape index (κ1) is 20.2. The summed E-state index contributed by atoms with van der Waals surface area (Å²) in [6.07, 6.45) is 5.61. The van der Waals surface area contributed by atoms with E-state index in [1.165, 1.54) is 0 Å². The minimum Gasteiger partial charge on any atom is -0.376 e. The number of halogens is 1. The summed E-state index contributed by atoms with van der Waals surface area (Å²) in [5.41, 5.74) is 3.08. The van der Waals surface area contributed by atoms with Gasteiger partial charge in [0.2, 0.25) is 0 Å². The Kier molecular flexibility index (Phi) is 6.18. The van der Waals surface area contributed by atoms with Crippen molar-refractivity contribution in [3.63, 3.8) is 0 Å². The number of carbonyl (C=O) groups is 1. The maximum Gasteiger partial charge on any atom is 0.262 e. The summed E-state index contributed by atoms with van der Waals surface area (Å²) in [6, 6.07) is 17.7. The van der Waals surface area contributed by atoms with Gasteiger partial charge < -0.3 is 14.6 Å². The molecule has 5 nitrogen and oxygen atoms in total. The Morgan fingerprint density at radius 3 is 2.80 bits per heavy atom. The number of carbonyl (C=O) groups excluding carboxylic acids is 1. The Morgan fingerprint density at radius 2 is 2.07 bits per heavy atom. The van der Waals surface area contributed by atoms with E-state index in [-0.39, 0.29) is 17.6 Å². The summed E-state index contributed by atoms with van der Waals surface area (Å²) >= 11 is 5.99. The molecule has 0 bridgehead atoms. The molecule has 2 heterocycles. The van der Waals surface area contributed by atoms with Crippen LogP contribution in [0.4, 0.5) is 0 Å². The third kappa shape index (κ3) is 4.56. The number of ether oxygens (including phenoxy) is 1. The smallest absolute Gasteiger partial charge is 0.262 e. The van der Waals surface area contributed by atoms with Crippen LogP contribution in [0.25, 0.3) is 17.0 Å². The molecule has 1 aliphatic heterocycles. The molecule has 1 N–H and O–H groups in total. The van der Waals surface area contributed by atoms with E-state index >= 15 is 0 Å². The minimum atomic E-state index is -0.373. The van der Waals surface area contributed by atoms with Crippen LogP contribution in [0, 0.1) is 11.3 Å². The molecule has 30 heavy (non-hydrogen) atoms. The zero-order valence-corrected chi connectivity index (χ0v) is 17.2. The van der Waals surface area contributed by atoms with Crippen molar-refractivity contribution in [2.45, 2.75) is 25.5 Å². The molecule has 152 valence electrons. The minimum absolute atomic E-state index is 0.0372. The average Bonchev–Trinajstić information content (AvgIpc) is 3.40. The van der Waals surface area contributed by atoms with E-state index in [9.17, 15) is 10.1 Å². The van der Waals surface area contributed by atoms with Crippen LogP contribution in [-0.4, -0.2) is 29.7 Å². The lowest BCUT2D eigenvalue weighted by atomic mass is 10.1. The second-order valence-corrected chi connectivity index (χ2v) is 7.81. The Balaban J connectivity index is 1.60. The quantitative estimate of drug-likeness (QED) is 0.471. The van der Waals surface area contributed by atoms with Crippen LogP contribution in [0.2, 0.25) is 5.02 Å². The number of nitrogens with one attached hydrogen (secondary N) is 1. The number of rotatable bonds is 6. The van der Waals surface area contributed by atoms with Gasteiger partial charge in [0.15, 0.2) is 0 Å². The van der Waals surface area contributed by atoms with Crippen molar-refractivity contribution < 1.29 is 9.53 Å². The van der Waals surface area contributed by atoms with E-state index < -0.39 is 0 Å². The highest BCUT2D eigenvalue weighted by molar-refractivity contribution is 6.30. The summed E-state index contributed by atoms with van der Waals surface area (Å²) in [4.78, 5) is 12.5. The summed E-state index contributed by atoms with van der Waals surface area (Å²) in [5, 5.41) is 14.1. The van der Waals surface area contributed by atoms with Crippen molar-refractivity contribution >= 4 is 34.5 Å². The molecule has 2 aromatic carbocycles. The van der Waals surface area contributed by atoms with Crippen LogP contribution < -0.4 is 5.32 Å². The number of nitrogens with zero attached hydrogens (tertiary/aromatic N) is 2. The summed E-state index contributed by atoms with van der Waals surface area (Å²) < 4.78 is 7.65. The van der Waals surface area contributed by atoms with Gasteiger partial charge in [0, 0.05) is 47.4 Å². The predicted molar refractivity (Wildman–Crippen MR) is 118 cm³/mol. The SMILES string of the molecule is N#C/C(=C/c1cn(Cc2ccc(Cl)cc2)c2ccccc12)C(=O)NC[C@H]1CCCO1. The first-order chi connectivity index (χ1) is 14.6. The maximum absolute atomic E-state index is 12.5. The fraction of sp³-hybridized carbons (Fsp3) is 0.250. The van der Waals surface area contributed by atoms with E-state index in [0.717, 1.165) is 41.5 Å². The molecule has 1 atom stereocenters. The summed E-state index contributed by atoms with van der Waals surface area (Å²) in [5.74, 6) is -0.373. The number of benzene rings is 2. The Labute approximate surface area is 180 Å². The summed E-state index contributed by atoms with van der Waals surface area (Å²) in [6.45, 7) is 1.82. The van der Waals surface area contributed by atoms with Gasteiger partial charge in [0.1, 0.15) is 11.6 Å². The van der Waals surface area contributed by atoms with E-state index in [1.54, 1.807) is 6.08 Å². The van der Waals surface area contributed by atoms with Gasteiger partial charge in [0.25, 0.3) is 5.91 Å². The van der Waals surface area contributed by atoms with Crippen molar-refractivity contribution in [1.29, 1.82) is 5.26 Å². The zero-order chi connectivity index (χ0) is 20.9. The lowest BCUT2D eigenvalue weighted by Gasteiger charge is -2.10. The van der Waals surface area contributed by atoms with Crippen LogP contribution in [0.15, 0.2) is 60.3 Å². The molecule has 0 unspecified atom stereocenters. The molecule has 0 radical (unpaired) electrons. The van der Waals surface area contributed by atoms with Crippen LogP contribution in [-0.2, 0) is 16.1 Å². The van der Waals surface area contributed by atoms with Gasteiger partial charge in [-0.2, -0.15) is 5.26 Å². The second kappa shape index (κ2) is 9.17. The van der Waals surface area contributed by atoms with Gasteiger partial charge in [-0.3, -0.25) is 4.79 Å². The normalized spacial score (nSPS) is 16.5. The number of aromatic nitrogens is 1. The number of hydrogen-bond acceptors (Lipinski definition) is 3. The topological polar surface area (TPSA) is 67.0 Å². The first-order valence-corrected chi connectivity index (χ1v) is 10.4. The predicted octanol–water partition coefficient (Wildman–Crippen LogP) is 4.55. The number of nitriles is 1. The van der Waals surface area contributed by atoms with Crippen molar-refractivity contribution in [3.8, 4) is 6.07 Å². The van der Waals surface area contributed by atoms with Crippen LogP contribution in [0.5, 0.6) is 0 Å². The molecule has 3 aromatic rings.